The Morgan fingerprint density at radius 2 is 2.03 bits per heavy atom. The van der Waals surface area contributed by atoms with Gasteiger partial charge < -0.3 is 9.84 Å². The molecule has 33 heavy (non-hydrogen) atoms. The number of carbonyl (C=O) groups is 1. The molecule has 4 aliphatic carbocycles. The Morgan fingerprint density at radius 1 is 1.24 bits per heavy atom. The lowest BCUT2D eigenvalue weighted by Crippen LogP contribution is -2.60. The molecule has 0 saturated heterocycles. The van der Waals surface area contributed by atoms with E-state index in [-0.39, 0.29) is 35.2 Å². The van der Waals surface area contributed by atoms with Gasteiger partial charge in [-0.3, -0.25) is 9.48 Å². The van der Waals surface area contributed by atoms with Crippen molar-refractivity contribution in [3.8, 4) is 6.07 Å². The van der Waals surface area contributed by atoms with Crippen LogP contribution in [0.4, 0.5) is 0 Å². The van der Waals surface area contributed by atoms with Gasteiger partial charge in [0.15, 0.2) is 5.78 Å². The summed E-state index contributed by atoms with van der Waals surface area (Å²) in [6, 6.07) is 2.09. The molecule has 0 amide bonds. The van der Waals surface area contributed by atoms with Crippen molar-refractivity contribution in [1.29, 1.82) is 5.26 Å². The molecule has 4 saturated carbocycles. The van der Waals surface area contributed by atoms with Crippen molar-refractivity contribution in [3.05, 3.63) is 18.0 Å². The summed E-state index contributed by atoms with van der Waals surface area (Å²) >= 11 is 0. The zero-order valence-corrected chi connectivity index (χ0v) is 20.6. The molecule has 0 aromatic carbocycles. The second kappa shape index (κ2) is 7.92. The number of ketones is 1. The van der Waals surface area contributed by atoms with Crippen LogP contribution in [-0.2, 0) is 16.1 Å². The van der Waals surface area contributed by atoms with Crippen LogP contribution in [0.15, 0.2) is 12.4 Å². The number of rotatable bonds is 4. The van der Waals surface area contributed by atoms with E-state index in [4.69, 9.17) is 10.00 Å². The van der Waals surface area contributed by atoms with E-state index in [1.54, 1.807) is 10.9 Å². The lowest BCUT2D eigenvalue weighted by molar-refractivity contribution is -0.188. The molecular weight excluding hydrogens is 414 g/mol. The monoisotopic (exact) mass is 453 g/mol. The third-order valence-electron chi connectivity index (χ3n) is 10.8. The fourth-order valence-electron chi connectivity index (χ4n) is 9.02. The van der Waals surface area contributed by atoms with Crippen LogP contribution in [0, 0.1) is 51.8 Å². The van der Waals surface area contributed by atoms with E-state index < -0.39 is 5.60 Å². The molecule has 1 heterocycles. The van der Waals surface area contributed by atoms with Crippen molar-refractivity contribution in [1.82, 2.24) is 9.78 Å². The normalized spacial score (nSPS) is 46.7. The van der Waals surface area contributed by atoms with Gasteiger partial charge in [-0.2, -0.15) is 10.4 Å². The molecule has 4 fully saturated rings. The van der Waals surface area contributed by atoms with Crippen LogP contribution in [0.25, 0.3) is 0 Å². The number of carbonyl (C=O) groups excluding carboxylic acids is 1. The van der Waals surface area contributed by atoms with Crippen molar-refractivity contribution < 1.29 is 14.6 Å². The molecule has 9 atom stereocenters. The van der Waals surface area contributed by atoms with Crippen molar-refractivity contribution in [2.45, 2.75) is 90.4 Å². The zero-order valence-electron chi connectivity index (χ0n) is 20.6. The minimum absolute atomic E-state index is 0.0271. The summed E-state index contributed by atoms with van der Waals surface area (Å²) in [4.78, 5) is 13.5. The number of aliphatic hydroxyl groups is 1. The Balaban J connectivity index is 1.40. The van der Waals surface area contributed by atoms with Crippen molar-refractivity contribution in [3.63, 3.8) is 0 Å². The van der Waals surface area contributed by atoms with Crippen LogP contribution >= 0.6 is 0 Å². The molecule has 0 spiro atoms. The number of hydrogen-bond acceptors (Lipinski definition) is 5. The maximum absolute atomic E-state index is 13.5. The molecule has 1 aromatic rings. The summed E-state index contributed by atoms with van der Waals surface area (Å²) in [6.07, 6.45) is 11.6. The molecule has 0 aliphatic heterocycles. The summed E-state index contributed by atoms with van der Waals surface area (Å²) in [5, 5.41) is 24.1. The van der Waals surface area contributed by atoms with E-state index in [1.165, 1.54) is 19.0 Å². The van der Waals surface area contributed by atoms with Gasteiger partial charge in [-0.05, 0) is 87.4 Å². The van der Waals surface area contributed by atoms with Gasteiger partial charge in [0.2, 0.25) is 0 Å². The first-order chi connectivity index (χ1) is 15.6. The number of ether oxygens (including phenoxy) is 1. The highest BCUT2D eigenvalue weighted by Gasteiger charge is 2.65. The molecule has 6 nitrogen and oxygen atoms in total. The van der Waals surface area contributed by atoms with Crippen molar-refractivity contribution in [2.75, 3.05) is 7.11 Å². The number of fused-ring (bicyclic) bond motifs is 5. The molecule has 0 bridgehead atoms. The number of aromatic nitrogens is 2. The average Bonchev–Trinajstić information content (AvgIpc) is 3.37. The van der Waals surface area contributed by atoms with E-state index in [0.29, 0.717) is 29.2 Å². The molecule has 0 radical (unpaired) electrons. The lowest BCUT2D eigenvalue weighted by atomic mass is 9.43. The summed E-state index contributed by atoms with van der Waals surface area (Å²) in [7, 11) is 1.83. The van der Waals surface area contributed by atoms with Gasteiger partial charge in [-0.15, -0.1) is 0 Å². The topological polar surface area (TPSA) is 88.1 Å². The number of nitriles is 1. The molecule has 6 heteroatoms. The van der Waals surface area contributed by atoms with Crippen molar-refractivity contribution >= 4 is 5.78 Å². The Kier molecular flexibility index (Phi) is 5.53. The van der Waals surface area contributed by atoms with Crippen LogP contribution in [-0.4, -0.2) is 39.5 Å². The average molecular weight is 454 g/mol. The molecule has 1 aromatic heterocycles. The van der Waals surface area contributed by atoms with Gasteiger partial charge in [0.05, 0.1) is 30.0 Å². The largest absolute Gasteiger partial charge is 0.390 e. The Labute approximate surface area is 197 Å². The first-order valence-electron chi connectivity index (χ1n) is 12.8. The van der Waals surface area contributed by atoms with Crippen LogP contribution in [0.1, 0.15) is 77.7 Å². The van der Waals surface area contributed by atoms with E-state index in [2.05, 4.69) is 25.0 Å². The third kappa shape index (κ3) is 3.49. The van der Waals surface area contributed by atoms with Gasteiger partial charge >= 0.3 is 0 Å². The zero-order chi connectivity index (χ0) is 23.6. The smallest absolute Gasteiger partial charge is 0.157 e. The molecule has 4 aliphatic rings. The minimum Gasteiger partial charge on any atom is -0.390 e. The Bertz CT molecular complexity index is 964. The minimum atomic E-state index is -0.524. The van der Waals surface area contributed by atoms with Gasteiger partial charge in [-0.25, -0.2) is 0 Å². The summed E-state index contributed by atoms with van der Waals surface area (Å²) in [5.74, 6) is 2.52. The highest BCUT2D eigenvalue weighted by atomic mass is 16.5. The Morgan fingerprint density at radius 3 is 2.73 bits per heavy atom. The van der Waals surface area contributed by atoms with E-state index >= 15 is 0 Å². The van der Waals surface area contributed by atoms with E-state index in [1.807, 2.05) is 14.0 Å². The van der Waals surface area contributed by atoms with E-state index in [9.17, 15) is 9.90 Å². The fourth-order valence-corrected chi connectivity index (χ4v) is 9.02. The second-order valence-corrected chi connectivity index (χ2v) is 12.3. The fraction of sp³-hybridized carbons (Fsp3) is 0.815. The lowest BCUT2D eigenvalue weighted by Gasteiger charge is -2.63. The summed E-state index contributed by atoms with van der Waals surface area (Å²) in [6.45, 7) is 7.05. The Hall–Kier alpha value is -1.71. The SMILES string of the molecule is CO[C@H]1C[C@H]2[C@@H](CC[C@H]3C[C@](C)(O)CC[C@@]32C)[C@@H]2CC[C@H](C(=O)Cn3cc(C#N)cn3)[C@@]12C. The number of methoxy groups -OCH3 is 1. The number of hydrogen-bond donors (Lipinski definition) is 1. The van der Waals surface area contributed by atoms with Crippen LogP contribution < -0.4 is 0 Å². The second-order valence-electron chi connectivity index (χ2n) is 12.3. The molecule has 180 valence electrons. The maximum Gasteiger partial charge on any atom is 0.157 e. The van der Waals surface area contributed by atoms with Gasteiger partial charge in [0.1, 0.15) is 6.07 Å². The van der Waals surface area contributed by atoms with E-state index in [0.717, 1.165) is 38.5 Å². The predicted octanol–water partition coefficient (Wildman–Crippen LogP) is 4.36. The van der Waals surface area contributed by atoms with Gasteiger partial charge in [0.25, 0.3) is 0 Å². The first kappa shape index (κ1) is 23.1. The third-order valence-corrected chi connectivity index (χ3v) is 10.8. The number of Topliss-reactive ketones (excluding diaryl/α,β-unsaturated/α-hetero) is 1. The highest BCUT2D eigenvalue weighted by Crippen LogP contribution is 2.68. The van der Waals surface area contributed by atoms with Gasteiger partial charge in [-0.1, -0.05) is 13.8 Å². The summed E-state index contributed by atoms with van der Waals surface area (Å²) in [5.41, 5.74) is 0.0734. The molecule has 5 rings (SSSR count). The standard InChI is InChI=1S/C27H39N3O3/c1-25(32)9-10-26(2)18(12-25)5-6-19-20-7-8-21(27(20,3)24(33-4)11-22(19)26)23(31)16-30-15-17(13-28)14-29-30/h14-15,18-22,24,32H,5-12,16H2,1-4H3/t18-,19-,20-,21+,22-,24-,25+,26-,27-/m0/s1. The van der Waals surface area contributed by atoms with Gasteiger partial charge in [0, 0.05) is 24.6 Å². The highest BCUT2D eigenvalue weighted by molar-refractivity contribution is 5.82. The van der Waals surface area contributed by atoms with Crippen LogP contribution in [0.5, 0.6) is 0 Å². The quantitative estimate of drug-likeness (QED) is 0.732. The van der Waals surface area contributed by atoms with Crippen LogP contribution in [0.2, 0.25) is 0 Å². The predicted molar refractivity (Wildman–Crippen MR) is 124 cm³/mol. The maximum atomic E-state index is 13.5. The first-order valence-corrected chi connectivity index (χ1v) is 12.8. The van der Waals surface area contributed by atoms with Crippen LogP contribution in [0.3, 0.4) is 0 Å². The molecular formula is C27H39N3O3. The number of nitrogens with zero attached hydrogens (tertiary/aromatic N) is 3. The summed E-state index contributed by atoms with van der Waals surface area (Å²) < 4.78 is 7.82. The molecule has 0 unspecified atom stereocenters. The molecule has 1 N–H and O–H groups in total. The van der Waals surface area contributed by atoms with Crippen molar-refractivity contribution in [2.24, 2.45) is 40.4 Å².